The van der Waals surface area contributed by atoms with Gasteiger partial charge in [-0.1, -0.05) is 31.2 Å². The summed E-state index contributed by atoms with van der Waals surface area (Å²) in [4.78, 5) is 1.31. The van der Waals surface area contributed by atoms with Crippen molar-refractivity contribution in [2.24, 2.45) is 5.41 Å². The Morgan fingerprint density at radius 1 is 1.22 bits per heavy atom. The van der Waals surface area contributed by atoms with Crippen LogP contribution in [0, 0.1) is 5.41 Å². The maximum Gasteiger partial charge on any atom is 0.0559 e. The van der Waals surface area contributed by atoms with Crippen LogP contribution in [0.15, 0.2) is 41.8 Å². The van der Waals surface area contributed by atoms with Crippen LogP contribution >= 0.6 is 11.3 Å². The van der Waals surface area contributed by atoms with Crippen molar-refractivity contribution >= 4 is 17.0 Å². The molecule has 0 radical (unpaired) electrons. The predicted molar refractivity (Wildman–Crippen MR) is 77.2 cm³/mol. The fourth-order valence-electron chi connectivity index (χ4n) is 2.15. The lowest BCUT2D eigenvalue weighted by molar-refractivity contribution is -0.0924. The molecule has 0 atom stereocenters. The Bertz CT molecular complexity index is 517. The van der Waals surface area contributed by atoms with Gasteiger partial charge in [-0.2, -0.15) is 0 Å². The van der Waals surface area contributed by atoms with Crippen LogP contribution in [0.5, 0.6) is 0 Å². The molecule has 0 bridgehead atoms. The normalized spacial score (nSPS) is 17.2. The minimum Gasteiger partial charge on any atom is -0.384 e. The first-order chi connectivity index (χ1) is 8.77. The number of thiophene rings is 1. The van der Waals surface area contributed by atoms with Crippen molar-refractivity contribution in [3.63, 3.8) is 0 Å². The zero-order valence-corrected chi connectivity index (χ0v) is 11.3. The molecule has 0 aliphatic carbocycles. The molecule has 1 aromatic heterocycles. The molecule has 94 valence electrons. The van der Waals surface area contributed by atoms with Crippen LogP contribution in [-0.4, -0.2) is 19.8 Å². The lowest BCUT2D eigenvalue weighted by atomic mass is 9.88. The van der Waals surface area contributed by atoms with Gasteiger partial charge in [0.1, 0.15) is 0 Å². The van der Waals surface area contributed by atoms with Crippen molar-refractivity contribution in [2.45, 2.75) is 6.92 Å². The largest absolute Gasteiger partial charge is 0.384 e. The zero-order valence-electron chi connectivity index (χ0n) is 10.5. The van der Waals surface area contributed by atoms with Gasteiger partial charge in [0.2, 0.25) is 0 Å². The summed E-state index contributed by atoms with van der Waals surface area (Å²) in [7, 11) is 0. The highest BCUT2D eigenvalue weighted by atomic mass is 32.1. The Hall–Kier alpha value is -1.32. The third-order valence-electron chi connectivity index (χ3n) is 3.32. The summed E-state index contributed by atoms with van der Waals surface area (Å²) >= 11 is 1.78. The van der Waals surface area contributed by atoms with E-state index in [4.69, 9.17) is 4.74 Å². The summed E-state index contributed by atoms with van der Waals surface area (Å²) in [6.07, 6.45) is 0. The van der Waals surface area contributed by atoms with E-state index in [1.54, 1.807) is 11.3 Å². The Morgan fingerprint density at radius 3 is 2.72 bits per heavy atom. The van der Waals surface area contributed by atoms with Crippen LogP contribution in [0.2, 0.25) is 0 Å². The van der Waals surface area contributed by atoms with Gasteiger partial charge in [-0.3, -0.25) is 0 Å². The molecule has 1 aliphatic heterocycles. The molecule has 1 aliphatic rings. The van der Waals surface area contributed by atoms with Gasteiger partial charge in [-0.15, -0.1) is 11.3 Å². The Labute approximate surface area is 112 Å². The number of hydrogen-bond acceptors (Lipinski definition) is 3. The number of anilines is 1. The van der Waals surface area contributed by atoms with E-state index in [9.17, 15) is 0 Å². The monoisotopic (exact) mass is 259 g/mol. The number of ether oxygens (including phenoxy) is 1. The van der Waals surface area contributed by atoms with E-state index in [-0.39, 0.29) is 0 Å². The molecule has 2 aromatic rings. The molecule has 0 saturated carbocycles. The number of nitrogens with one attached hydrogen (secondary N) is 1. The maximum atomic E-state index is 5.29. The van der Waals surface area contributed by atoms with Gasteiger partial charge in [0.25, 0.3) is 0 Å². The first-order valence-corrected chi connectivity index (χ1v) is 7.09. The minimum atomic E-state index is 0.294. The quantitative estimate of drug-likeness (QED) is 0.900. The summed E-state index contributed by atoms with van der Waals surface area (Å²) < 4.78 is 5.29. The summed E-state index contributed by atoms with van der Waals surface area (Å²) in [5.41, 5.74) is 2.80. The third kappa shape index (κ3) is 2.28. The van der Waals surface area contributed by atoms with Crippen molar-refractivity contribution < 1.29 is 4.74 Å². The predicted octanol–water partition coefficient (Wildman–Crippen LogP) is 3.86. The molecule has 2 nitrogen and oxygen atoms in total. The van der Waals surface area contributed by atoms with Crippen LogP contribution < -0.4 is 5.32 Å². The molecular formula is C15H17NOS. The first-order valence-electron chi connectivity index (χ1n) is 6.21. The molecule has 3 heteroatoms. The molecule has 1 saturated heterocycles. The van der Waals surface area contributed by atoms with Crippen LogP contribution in [0.3, 0.4) is 0 Å². The summed E-state index contributed by atoms with van der Waals surface area (Å²) in [5.74, 6) is 0. The van der Waals surface area contributed by atoms with Crippen LogP contribution in [0.1, 0.15) is 6.92 Å². The summed E-state index contributed by atoms with van der Waals surface area (Å²) in [5, 5.41) is 5.69. The molecule has 1 fully saturated rings. The molecule has 0 amide bonds. The molecule has 1 N–H and O–H groups in total. The minimum absolute atomic E-state index is 0.294. The van der Waals surface area contributed by atoms with E-state index >= 15 is 0 Å². The van der Waals surface area contributed by atoms with Gasteiger partial charge in [-0.25, -0.2) is 0 Å². The lowest BCUT2D eigenvalue weighted by Crippen LogP contribution is -2.45. The molecule has 18 heavy (non-hydrogen) atoms. The van der Waals surface area contributed by atoms with Gasteiger partial charge in [0.05, 0.1) is 13.2 Å². The molecule has 3 rings (SSSR count). The van der Waals surface area contributed by atoms with Crippen LogP contribution in [0.4, 0.5) is 5.69 Å². The van der Waals surface area contributed by atoms with Gasteiger partial charge in [0, 0.05) is 28.1 Å². The topological polar surface area (TPSA) is 21.3 Å². The number of rotatable bonds is 4. The molecule has 1 aromatic carbocycles. The van der Waals surface area contributed by atoms with Gasteiger partial charge < -0.3 is 10.1 Å². The average Bonchev–Trinajstić information content (AvgIpc) is 2.88. The van der Waals surface area contributed by atoms with Crippen LogP contribution in [-0.2, 0) is 4.74 Å². The average molecular weight is 259 g/mol. The van der Waals surface area contributed by atoms with Crippen molar-refractivity contribution in [2.75, 3.05) is 25.1 Å². The van der Waals surface area contributed by atoms with E-state index in [1.165, 1.54) is 16.1 Å². The lowest BCUT2D eigenvalue weighted by Gasteiger charge is -2.38. The second-order valence-electron chi connectivity index (χ2n) is 5.18. The van der Waals surface area contributed by atoms with E-state index in [0.717, 1.165) is 19.8 Å². The highest BCUT2D eigenvalue weighted by molar-refractivity contribution is 7.13. The van der Waals surface area contributed by atoms with E-state index in [1.807, 2.05) is 0 Å². The second-order valence-corrected chi connectivity index (χ2v) is 6.13. The maximum absolute atomic E-state index is 5.29. The first kappa shape index (κ1) is 11.8. The Morgan fingerprint density at radius 2 is 2.06 bits per heavy atom. The van der Waals surface area contributed by atoms with Crippen molar-refractivity contribution in [3.05, 3.63) is 41.8 Å². The van der Waals surface area contributed by atoms with Gasteiger partial charge >= 0.3 is 0 Å². The molecular weight excluding hydrogens is 242 g/mol. The van der Waals surface area contributed by atoms with E-state index in [2.05, 4.69) is 54.0 Å². The highest BCUT2D eigenvalue weighted by Gasteiger charge is 2.33. The van der Waals surface area contributed by atoms with Crippen molar-refractivity contribution in [1.29, 1.82) is 0 Å². The van der Waals surface area contributed by atoms with Crippen LogP contribution in [0.25, 0.3) is 10.4 Å². The van der Waals surface area contributed by atoms with Crippen molar-refractivity contribution in [3.8, 4) is 10.4 Å². The van der Waals surface area contributed by atoms with E-state index < -0.39 is 0 Å². The molecule has 0 spiro atoms. The SMILES string of the molecule is CC1(CNc2ccccc2-c2cccs2)COC1. The smallest absolute Gasteiger partial charge is 0.0559 e. The molecule has 0 unspecified atom stereocenters. The fraction of sp³-hybridized carbons (Fsp3) is 0.333. The van der Waals surface area contributed by atoms with Gasteiger partial charge in [0.15, 0.2) is 0 Å². The third-order valence-corrected chi connectivity index (χ3v) is 4.22. The number of hydrogen-bond donors (Lipinski definition) is 1. The van der Waals surface area contributed by atoms with Gasteiger partial charge in [-0.05, 0) is 17.5 Å². The standard InChI is InChI=1S/C15H17NOS/c1-15(10-17-11-15)9-16-13-6-3-2-5-12(13)14-7-4-8-18-14/h2-8,16H,9-11H2,1H3. The highest BCUT2D eigenvalue weighted by Crippen LogP contribution is 2.33. The zero-order chi connectivity index (χ0) is 12.4. The fourth-order valence-corrected chi connectivity index (χ4v) is 2.91. The van der Waals surface area contributed by atoms with E-state index in [0.29, 0.717) is 5.41 Å². The van der Waals surface area contributed by atoms with Crippen molar-refractivity contribution in [1.82, 2.24) is 0 Å². The number of para-hydroxylation sites is 1. The Kier molecular flexibility index (Phi) is 3.10. The summed E-state index contributed by atoms with van der Waals surface area (Å²) in [6, 6.07) is 12.8. The summed E-state index contributed by atoms with van der Waals surface area (Å²) in [6.45, 7) is 4.95. The Balaban J connectivity index is 1.79. The molecule has 2 heterocycles. The second kappa shape index (κ2) is 4.75. The number of benzene rings is 1.